The van der Waals surface area contributed by atoms with Gasteiger partial charge in [0, 0.05) is 59.8 Å². The molecule has 0 aliphatic heterocycles. The lowest BCUT2D eigenvalue weighted by Crippen LogP contribution is -2.17. The molecule has 0 amide bonds. The monoisotopic (exact) mass is 1040 g/mol. The topological polar surface area (TPSA) is 45.5 Å². The first-order chi connectivity index (χ1) is 40.8. The number of para-hydroxylation sites is 8. The highest BCUT2D eigenvalue weighted by molar-refractivity contribution is 6.18. The van der Waals surface area contributed by atoms with Crippen molar-refractivity contribution in [1.29, 1.82) is 0 Å². The molecule has 0 saturated carbocycles. The molecule has 0 saturated heterocycles. The molecular weight excluding hydrogens is 997 g/mol. The van der Waals surface area contributed by atoms with E-state index in [1.54, 1.807) is 0 Å². The van der Waals surface area contributed by atoms with Gasteiger partial charge < -0.3 is 18.3 Å². The van der Waals surface area contributed by atoms with Gasteiger partial charge in [-0.05, 0) is 60.2 Å². The van der Waals surface area contributed by atoms with E-state index in [1.165, 1.54) is 0 Å². The van der Waals surface area contributed by atoms with Gasteiger partial charge >= 0.3 is 0 Å². The largest absolute Gasteiger partial charge is 0.306 e. The Morgan fingerprint density at radius 1 is 0.195 bits per heavy atom. The van der Waals surface area contributed by atoms with E-state index in [2.05, 4.69) is 309 Å². The highest BCUT2D eigenvalue weighted by Gasteiger charge is 2.36. The van der Waals surface area contributed by atoms with Crippen LogP contribution in [0.15, 0.2) is 291 Å². The summed E-state index contributed by atoms with van der Waals surface area (Å²) in [5.41, 5.74) is 19.0. The number of hydrogen-bond acceptors (Lipinski definition) is 2. The second kappa shape index (κ2) is 18.2. The first-order valence-corrected chi connectivity index (χ1v) is 28.0. The Morgan fingerprint density at radius 2 is 0.415 bits per heavy atom. The molecule has 6 nitrogen and oxygen atoms in total. The van der Waals surface area contributed by atoms with E-state index >= 15 is 0 Å². The van der Waals surface area contributed by atoms with Gasteiger partial charge in [-0.15, -0.1) is 0 Å². The third-order valence-corrected chi connectivity index (χ3v) is 16.8. The quantitative estimate of drug-likeness (QED) is 0.152. The lowest BCUT2D eigenvalue weighted by atomic mass is 9.91. The molecule has 0 unspecified atom stereocenters. The molecule has 17 rings (SSSR count). The van der Waals surface area contributed by atoms with Crippen LogP contribution in [0.25, 0.3) is 155 Å². The van der Waals surface area contributed by atoms with Gasteiger partial charge in [-0.1, -0.05) is 237 Å². The molecule has 0 aliphatic rings. The molecule has 5 aromatic heterocycles. The normalized spacial score (nSPS) is 11.9. The summed E-state index contributed by atoms with van der Waals surface area (Å²) in [5.74, 6) is 0.591. The number of nitrogens with zero attached hydrogens (tertiary/aromatic N) is 6. The maximum absolute atomic E-state index is 5.95. The van der Waals surface area contributed by atoms with E-state index in [4.69, 9.17) is 9.97 Å². The Labute approximate surface area is 471 Å². The highest BCUT2D eigenvalue weighted by atomic mass is 15.1. The van der Waals surface area contributed by atoms with E-state index in [-0.39, 0.29) is 0 Å². The Morgan fingerprint density at radius 3 is 0.695 bits per heavy atom. The van der Waals surface area contributed by atoms with Crippen LogP contribution in [0.3, 0.4) is 0 Å². The van der Waals surface area contributed by atoms with Gasteiger partial charge in [-0.2, -0.15) is 0 Å². The van der Waals surface area contributed by atoms with Gasteiger partial charge in [0.1, 0.15) is 0 Å². The van der Waals surface area contributed by atoms with Crippen LogP contribution in [0.4, 0.5) is 0 Å². The molecule has 0 bridgehead atoms. The molecule has 0 atom stereocenters. The molecule has 5 heterocycles. The van der Waals surface area contributed by atoms with Crippen molar-refractivity contribution in [2.75, 3.05) is 0 Å². The van der Waals surface area contributed by atoms with Crippen LogP contribution in [-0.2, 0) is 0 Å². The van der Waals surface area contributed by atoms with Crippen molar-refractivity contribution in [3.05, 3.63) is 291 Å². The summed E-state index contributed by atoms with van der Waals surface area (Å²) in [7, 11) is 0. The van der Waals surface area contributed by atoms with Crippen molar-refractivity contribution in [3.63, 3.8) is 0 Å². The van der Waals surface area contributed by atoms with Crippen LogP contribution in [0.5, 0.6) is 0 Å². The molecule has 0 fully saturated rings. The van der Waals surface area contributed by atoms with Gasteiger partial charge in [0.25, 0.3) is 0 Å². The van der Waals surface area contributed by atoms with Crippen molar-refractivity contribution in [2.45, 2.75) is 0 Å². The molecule has 82 heavy (non-hydrogen) atoms. The Kier molecular flexibility index (Phi) is 10.2. The van der Waals surface area contributed by atoms with Crippen molar-refractivity contribution < 1.29 is 0 Å². The third-order valence-electron chi connectivity index (χ3n) is 16.8. The predicted molar refractivity (Wildman–Crippen MR) is 341 cm³/mol. The summed E-state index contributed by atoms with van der Waals surface area (Å²) in [4.78, 5) is 11.9. The third kappa shape index (κ3) is 6.76. The van der Waals surface area contributed by atoms with Crippen molar-refractivity contribution in [1.82, 2.24) is 28.2 Å². The fourth-order valence-corrected chi connectivity index (χ4v) is 13.4. The van der Waals surface area contributed by atoms with E-state index in [0.717, 1.165) is 149 Å². The van der Waals surface area contributed by atoms with E-state index in [9.17, 15) is 0 Å². The van der Waals surface area contributed by atoms with Crippen molar-refractivity contribution in [2.24, 2.45) is 0 Å². The number of benzene rings is 12. The molecule has 0 aliphatic carbocycles. The fraction of sp³-hybridized carbons (Fsp3) is 0. The molecule has 0 radical (unpaired) electrons. The minimum absolute atomic E-state index is 0.591. The lowest BCUT2D eigenvalue weighted by molar-refractivity contribution is 1.02. The van der Waals surface area contributed by atoms with Crippen LogP contribution in [0, 0.1) is 0 Å². The summed E-state index contributed by atoms with van der Waals surface area (Å²) in [6.45, 7) is 0. The van der Waals surface area contributed by atoms with E-state index < -0.39 is 0 Å². The minimum Gasteiger partial charge on any atom is -0.306 e. The zero-order valence-electron chi connectivity index (χ0n) is 44.4. The van der Waals surface area contributed by atoms with Crippen LogP contribution < -0.4 is 0 Å². The molecule has 382 valence electrons. The first-order valence-electron chi connectivity index (χ1n) is 28.0. The standard InChI is InChI=1S/C76H48N6/c1-4-26-49(27-5-1)60-48-61(50-28-6-2-7-29-50)78-76(77-60)71-70(51-30-8-3-9-31-51)72(79-62-40-18-10-32-52(62)53-33-11-19-41-63(53)79)74(81-66-44-22-14-36-56(66)57-37-15-23-45-67(57)81)75(82-68-46-24-16-38-58(68)59-39-17-25-47-69(59)82)73(71)80-64-42-20-12-34-54(64)55-35-13-21-43-65(55)80/h1-48H. The maximum atomic E-state index is 5.95. The summed E-state index contributed by atoms with van der Waals surface area (Å²) in [5, 5.41) is 9.24. The van der Waals surface area contributed by atoms with Gasteiger partial charge in [0.2, 0.25) is 0 Å². The van der Waals surface area contributed by atoms with Crippen LogP contribution in [-0.4, -0.2) is 28.2 Å². The Bertz CT molecular complexity index is 5120. The smallest absolute Gasteiger partial charge is 0.163 e. The summed E-state index contributed by atoms with van der Waals surface area (Å²) in [6.07, 6.45) is 0. The highest BCUT2D eigenvalue weighted by Crippen LogP contribution is 2.54. The molecule has 0 spiro atoms. The Balaban J connectivity index is 1.26. The van der Waals surface area contributed by atoms with Crippen molar-refractivity contribution in [3.8, 4) is 67.8 Å². The second-order valence-corrected chi connectivity index (χ2v) is 21.2. The van der Waals surface area contributed by atoms with Gasteiger partial charge in [-0.3, -0.25) is 0 Å². The molecule has 0 N–H and O–H groups in total. The fourth-order valence-electron chi connectivity index (χ4n) is 13.4. The zero-order valence-corrected chi connectivity index (χ0v) is 44.4. The Hall–Kier alpha value is -11.1. The van der Waals surface area contributed by atoms with Gasteiger partial charge in [0.05, 0.1) is 83.8 Å². The van der Waals surface area contributed by atoms with Gasteiger partial charge in [-0.25, -0.2) is 9.97 Å². The molecular formula is C76H48N6. The van der Waals surface area contributed by atoms with E-state index in [1.807, 2.05) is 0 Å². The summed E-state index contributed by atoms with van der Waals surface area (Å²) >= 11 is 0. The number of hydrogen-bond donors (Lipinski definition) is 0. The van der Waals surface area contributed by atoms with Crippen LogP contribution >= 0.6 is 0 Å². The summed E-state index contributed by atoms with van der Waals surface area (Å²) in [6, 6.07) is 106. The minimum atomic E-state index is 0.591. The van der Waals surface area contributed by atoms with Crippen LogP contribution in [0.2, 0.25) is 0 Å². The van der Waals surface area contributed by atoms with E-state index in [0.29, 0.717) is 5.82 Å². The lowest BCUT2D eigenvalue weighted by Gasteiger charge is -2.31. The van der Waals surface area contributed by atoms with Gasteiger partial charge in [0.15, 0.2) is 5.82 Å². The molecule has 12 aromatic carbocycles. The van der Waals surface area contributed by atoms with Crippen LogP contribution in [0.1, 0.15) is 0 Å². The second-order valence-electron chi connectivity index (χ2n) is 21.2. The maximum Gasteiger partial charge on any atom is 0.163 e. The molecule has 6 heteroatoms. The zero-order chi connectivity index (χ0) is 53.8. The number of aromatic nitrogens is 6. The SMILES string of the molecule is c1ccc(-c2cc(-c3ccccc3)nc(-c3c(-c4ccccc4)c(-n4c5ccccc5c5ccccc54)c(-n4c5ccccc5c5ccccc54)c(-n4c5ccccc5c5ccccc54)c3-n3c4ccccc4c4ccccc43)n2)cc1. The first kappa shape index (κ1) is 45.9. The molecule has 17 aromatic rings. The summed E-state index contributed by atoms with van der Waals surface area (Å²) < 4.78 is 10.2. The number of rotatable bonds is 8. The van der Waals surface area contributed by atoms with Crippen molar-refractivity contribution >= 4 is 87.2 Å². The predicted octanol–water partition coefficient (Wildman–Crippen LogP) is 19.5. The number of fused-ring (bicyclic) bond motifs is 12. The average molecular weight is 1050 g/mol. The average Bonchev–Trinajstić information content (AvgIpc) is 2.35.